The van der Waals surface area contributed by atoms with Gasteiger partial charge in [-0.2, -0.15) is 5.10 Å². The van der Waals surface area contributed by atoms with Crippen LogP contribution in [0.5, 0.6) is 5.75 Å². The normalized spacial score (nSPS) is 19.9. The summed E-state index contributed by atoms with van der Waals surface area (Å²) in [6.07, 6.45) is 0. The molecule has 0 spiro atoms. The number of nitrogens with zero attached hydrogens (tertiary/aromatic N) is 2. The smallest absolute Gasteiger partial charge is 0.128 e. The number of fused-ring (bicyclic) bond motifs is 3. The van der Waals surface area contributed by atoms with Crippen LogP contribution in [0.2, 0.25) is 5.02 Å². The van der Waals surface area contributed by atoms with E-state index in [-0.39, 0.29) is 0 Å². The van der Waals surface area contributed by atoms with Crippen molar-refractivity contribution in [2.45, 2.75) is 0 Å². The molecule has 0 bridgehead atoms. The molecule has 3 nitrogen and oxygen atoms in total. The highest BCUT2D eigenvalue weighted by molar-refractivity contribution is 6.30. The third kappa shape index (κ3) is 1.86. The molecule has 0 saturated carbocycles. The second kappa shape index (κ2) is 4.53. The maximum atomic E-state index is 5.93. The first-order valence-corrected chi connectivity index (χ1v) is 7.03. The van der Waals surface area contributed by atoms with Gasteiger partial charge in [0.05, 0.1) is 30.5 Å². The lowest BCUT2D eigenvalue weighted by Gasteiger charge is -2.22. The van der Waals surface area contributed by atoms with E-state index in [0.717, 1.165) is 34.3 Å². The number of benzene rings is 2. The molecule has 0 N–H and O–H groups in total. The highest BCUT2D eigenvalue weighted by Crippen LogP contribution is 2.33. The first kappa shape index (κ1) is 11.8. The predicted molar refractivity (Wildman–Crippen MR) is 80.8 cm³/mol. The first-order chi connectivity index (χ1) is 9.81. The minimum Gasteiger partial charge on any atom is -0.492 e. The molecule has 0 radical (unpaired) electrons. The van der Waals surface area contributed by atoms with Crippen LogP contribution >= 0.6 is 11.6 Å². The van der Waals surface area contributed by atoms with Crippen LogP contribution in [0.3, 0.4) is 0 Å². The zero-order valence-corrected chi connectivity index (χ0v) is 11.5. The first-order valence-electron chi connectivity index (χ1n) is 6.65. The van der Waals surface area contributed by atoms with Gasteiger partial charge in [0.2, 0.25) is 0 Å². The molecule has 100 valence electrons. The quantitative estimate of drug-likeness (QED) is 0.800. The summed E-state index contributed by atoms with van der Waals surface area (Å²) < 4.78 is 5.81. The van der Waals surface area contributed by atoms with Crippen molar-refractivity contribution < 1.29 is 4.74 Å². The fourth-order valence-electron chi connectivity index (χ4n) is 2.72. The number of hydrogen-bond acceptors (Lipinski definition) is 3. The molecule has 1 atom stereocenters. The van der Waals surface area contributed by atoms with Crippen LogP contribution < -0.4 is 9.75 Å². The van der Waals surface area contributed by atoms with Crippen molar-refractivity contribution in [2.24, 2.45) is 11.0 Å². The van der Waals surface area contributed by atoms with E-state index in [1.165, 1.54) is 0 Å². The number of rotatable bonds is 1. The van der Waals surface area contributed by atoms with Crippen LogP contribution in [-0.4, -0.2) is 18.9 Å². The summed E-state index contributed by atoms with van der Waals surface area (Å²) in [6.45, 7) is 1.55. The molecule has 1 unspecified atom stereocenters. The van der Waals surface area contributed by atoms with Crippen molar-refractivity contribution in [3.05, 3.63) is 59.1 Å². The fourth-order valence-corrected chi connectivity index (χ4v) is 2.85. The Bertz CT molecular complexity index is 681. The van der Waals surface area contributed by atoms with Gasteiger partial charge in [0.1, 0.15) is 5.75 Å². The van der Waals surface area contributed by atoms with E-state index in [4.69, 9.17) is 21.4 Å². The minimum absolute atomic E-state index is 0.334. The van der Waals surface area contributed by atoms with Gasteiger partial charge in [-0.05, 0) is 36.4 Å². The number of ether oxygens (including phenoxy) is 1. The van der Waals surface area contributed by atoms with Gasteiger partial charge in [-0.3, -0.25) is 5.01 Å². The molecule has 2 aliphatic heterocycles. The Morgan fingerprint density at radius 1 is 1.10 bits per heavy atom. The van der Waals surface area contributed by atoms with Gasteiger partial charge in [0, 0.05) is 10.6 Å². The summed E-state index contributed by atoms with van der Waals surface area (Å²) in [5, 5.41) is 7.55. The molecule has 0 aliphatic carbocycles. The van der Waals surface area contributed by atoms with Crippen molar-refractivity contribution in [1.82, 2.24) is 0 Å². The van der Waals surface area contributed by atoms with Gasteiger partial charge in [0.25, 0.3) is 0 Å². The Labute approximate surface area is 122 Å². The summed E-state index contributed by atoms with van der Waals surface area (Å²) >= 11 is 5.93. The summed E-state index contributed by atoms with van der Waals surface area (Å²) in [5.74, 6) is 1.26. The molecule has 2 aliphatic rings. The van der Waals surface area contributed by atoms with E-state index in [1.54, 1.807) is 0 Å². The van der Waals surface area contributed by atoms with Gasteiger partial charge >= 0.3 is 0 Å². The van der Waals surface area contributed by atoms with Crippen LogP contribution in [0.15, 0.2) is 53.6 Å². The number of para-hydroxylation sites is 1. The number of anilines is 1. The topological polar surface area (TPSA) is 24.8 Å². The molecule has 2 heterocycles. The van der Waals surface area contributed by atoms with E-state index in [9.17, 15) is 0 Å². The predicted octanol–water partition coefficient (Wildman–Crippen LogP) is 3.57. The standard InChI is InChI=1S/C16H13ClN2O/c17-12-5-7-13(8-6-12)19-9-11-10-20-15-4-2-1-3-14(15)16(11)18-19/h1-8,11H,9-10H2. The van der Waals surface area contributed by atoms with Gasteiger partial charge in [-0.15, -0.1) is 0 Å². The van der Waals surface area contributed by atoms with Crippen LogP contribution in [0.4, 0.5) is 5.69 Å². The largest absolute Gasteiger partial charge is 0.492 e. The SMILES string of the molecule is Clc1ccc(N2CC3COc4ccccc4C3=N2)cc1. The van der Waals surface area contributed by atoms with Gasteiger partial charge in [-0.1, -0.05) is 23.7 Å². The molecule has 2 aromatic carbocycles. The summed E-state index contributed by atoms with van der Waals surface area (Å²) in [4.78, 5) is 0. The molecule has 4 rings (SSSR count). The number of hydrazone groups is 1. The van der Waals surface area contributed by atoms with E-state index >= 15 is 0 Å². The molecular weight excluding hydrogens is 272 g/mol. The van der Waals surface area contributed by atoms with Crippen molar-refractivity contribution in [3.63, 3.8) is 0 Å². The second-order valence-corrected chi connectivity index (χ2v) is 5.48. The van der Waals surface area contributed by atoms with Crippen LogP contribution in [0.25, 0.3) is 0 Å². The maximum Gasteiger partial charge on any atom is 0.128 e. The lowest BCUT2D eigenvalue weighted by atomic mass is 9.95. The Balaban J connectivity index is 1.72. The lowest BCUT2D eigenvalue weighted by molar-refractivity contribution is 0.280. The zero-order chi connectivity index (χ0) is 13.5. The monoisotopic (exact) mass is 284 g/mol. The molecule has 2 aromatic rings. The summed E-state index contributed by atoms with van der Waals surface area (Å²) in [7, 11) is 0. The molecule has 4 heteroatoms. The van der Waals surface area contributed by atoms with E-state index in [0.29, 0.717) is 12.5 Å². The Morgan fingerprint density at radius 2 is 1.90 bits per heavy atom. The molecule has 0 fully saturated rings. The average molecular weight is 285 g/mol. The third-order valence-corrected chi connectivity index (χ3v) is 3.99. The molecule has 20 heavy (non-hydrogen) atoms. The van der Waals surface area contributed by atoms with E-state index < -0.39 is 0 Å². The Kier molecular flexibility index (Phi) is 2.67. The Hall–Kier alpha value is -2.00. The third-order valence-electron chi connectivity index (χ3n) is 3.74. The zero-order valence-electron chi connectivity index (χ0n) is 10.8. The second-order valence-electron chi connectivity index (χ2n) is 5.05. The van der Waals surface area contributed by atoms with E-state index in [2.05, 4.69) is 6.07 Å². The molecule has 0 amide bonds. The number of hydrogen-bond donors (Lipinski definition) is 0. The van der Waals surface area contributed by atoms with Gasteiger partial charge in [-0.25, -0.2) is 0 Å². The molecule has 0 aromatic heterocycles. The molecular formula is C16H13ClN2O. The van der Waals surface area contributed by atoms with Crippen molar-refractivity contribution in [1.29, 1.82) is 0 Å². The average Bonchev–Trinajstić information content (AvgIpc) is 2.92. The fraction of sp³-hybridized carbons (Fsp3) is 0.188. The summed E-state index contributed by atoms with van der Waals surface area (Å²) in [5.41, 5.74) is 3.30. The van der Waals surface area contributed by atoms with Crippen molar-refractivity contribution >= 4 is 23.0 Å². The Morgan fingerprint density at radius 3 is 2.75 bits per heavy atom. The van der Waals surface area contributed by atoms with Gasteiger partial charge in [0.15, 0.2) is 0 Å². The minimum atomic E-state index is 0.334. The van der Waals surface area contributed by atoms with Crippen molar-refractivity contribution in [2.75, 3.05) is 18.2 Å². The van der Waals surface area contributed by atoms with E-state index in [1.807, 2.05) is 47.5 Å². The molecule has 0 saturated heterocycles. The van der Waals surface area contributed by atoms with Crippen LogP contribution in [-0.2, 0) is 0 Å². The number of halogens is 1. The maximum absolute atomic E-state index is 5.93. The highest BCUT2D eigenvalue weighted by atomic mass is 35.5. The van der Waals surface area contributed by atoms with Crippen molar-refractivity contribution in [3.8, 4) is 5.75 Å². The van der Waals surface area contributed by atoms with Crippen LogP contribution in [0, 0.1) is 5.92 Å². The lowest BCUT2D eigenvalue weighted by Crippen LogP contribution is -2.29. The summed E-state index contributed by atoms with van der Waals surface area (Å²) in [6, 6.07) is 15.9. The highest BCUT2D eigenvalue weighted by Gasteiger charge is 2.33. The van der Waals surface area contributed by atoms with Gasteiger partial charge < -0.3 is 4.74 Å². The van der Waals surface area contributed by atoms with Crippen LogP contribution in [0.1, 0.15) is 5.56 Å².